The van der Waals surface area contributed by atoms with Gasteiger partial charge in [0.25, 0.3) is 0 Å². The van der Waals surface area contributed by atoms with Crippen molar-refractivity contribution in [3.8, 4) is 34.3 Å². The smallest absolute Gasteiger partial charge is 0.145 e. The van der Waals surface area contributed by atoms with Crippen LogP contribution in [0.1, 0.15) is 38.8 Å². The van der Waals surface area contributed by atoms with Gasteiger partial charge in [0.05, 0.1) is 12.5 Å². The summed E-state index contributed by atoms with van der Waals surface area (Å²) in [5.41, 5.74) is 4.72. The number of hydrogen-bond acceptors (Lipinski definition) is 5. The highest BCUT2D eigenvalue weighted by molar-refractivity contribution is 5.94. The fourth-order valence-electron chi connectivity index (χ4n) is 3.45. The number of methoxy groups -OCH3 is 1. The van der Waals surface area contributed by atoms with E-state index in [1.54, 1.807) is 7.11 Å². The predicted octanol–water partition coefficient (Wildman–Crippen LogP) is 6.24. The van der Waals surface area contributed by atoms with E-state index in [2.05, 4.69) is 0 Å². The van der Waals surface area contributed by atoms with E-state index in [0.29, 0.717) is 46.6 Å². The van der Waals surface area contributed by atoms with Gasteiger partial charge in [-0.3, -0.25) is 0 Å². The Labute approximate surface area is 176 Å². The molecule has 5 heteroatoms. The Bertz CT molecular complexity index is 1120. The van der Waals surface area contributed by atoms with Crippen LogP contribution in [0.2, 0.25) is 0 Å². The predicted molar refractivity (Wildman–Crippen MR) is 119 cm³/mol. The topological polar surface area (TPSA) is 83.1 Å². The number of benzene rings is 2. The second-order valence-corrected chi connectivity index (χ2v) is 7.90. The van der Waals surface area contributed by atoms with Crippen molar-refractivity contribution in [2.24, 2.45) is 0 Å². The second kappa shape index (κ2) is 8.57. The van der Waals surface area contributed by atoms with Crippen LogP contribution in [0, 0.1) is 0 Å². The minimum atomic E-state index is -0.0609. The van der Waals surface area contributed by atoms with Gasteiger partial charge in [0.2, 0.25) is 0 Å². The van der Waals surface area contributed by atoms with E-state index in [1.165, 1.54) is 18.2 Å². The first kappa shape index (κ1) is 21.4. The van der Waals surface area contributed by atoms with Gasteiger partial charge in [-0.15, -0.1) is 0 Å². The highest BCUT2D eigenvalue weighted by atomic mass is 16.5. The standard InChI is InChI=1S/C25H28O5/c1-14(2)6-8-19-23(28)20(9-7-15(3)4)25-21(24(19)29-5)13-22(30-25)16-10-17(26)12-18(27)11-16/h6-7,10-13,26-28H,8-9H2,1-5H3. The molecule has 0 bridgehead atoms. The molecule has 3 rings (SSSR count). The molecule has 3 N–H and O–H groups in total. The van der Waals surface area contributed by atoms with Crippen LogP contribution < -0.4 is 4.74 Å². The maximum absolute atomic E-state index is 11.1. The number of hydrogen-bond donors (Lipinski definition) is 3. The molecule has 0 fully saturated rings. The van der Waals surface area contributed by atoms with Crippen molar-refractivity contribution in [2.45, 2.75) is 40.5 Å². The van der Waals surface area contributed by atoms with E-state index < -0.39 is 0 Å². The molecule has 0 aliphatic rings. The van der Waals surface area contributed by atoms with Gasteiger partial charge in [0, 0.05) is 22.8 Å². The molecule has 0 amide bonds. The average Bonchev–Trinajstić information content (AvgIpc) is 3.09. The number of rotatable bonds is 6. The third-order valence-electron chi connectivity index (χ3n) is 4.92. The van der Waals surface area contributed by atoms with Crippen LogP contribution in [0.15, 0.2) is 52.0 Å². The summed E-state index contributed by atoms with van der Waals surface area (Å²) < 4.78 is 11.8. The molecule has 0 radical (unpaired) electrons. The molecule has 0 aliphatic heterocycles. The van der Waals surface area contributed by atoms with Crippen LogP contribution in [-0.4, -0.2) is 22.4 Å². The molecule has 0 spiro atoms. The van der Waals surface area contributed by atoms with E-state index in [0.717, 1.165) is 16.5 Å². The maximum Gasteiger partial charge on any atom is 0.145 e. The van der Waals surface area contributed by atoms with Gasteiger partial charge in [0.1, 0.15) is 34.3 Å². The summed E-state index contributed by atoms with van der Waals surface area (Å²) in [6.45, 7) is 8.03. The van der Waals surface area contributed by atoms with Crippen molar-refractivity contribution in [3.63, 3.8) is 0 Å². The third-order valence-corrected chi connectivity index (χ3v) is 4.92. The van der Waals surface area contributed by atoms with Gasteiger partial charge >= 0.3 is 0 Å². The molecule has 0 unspecified atom stereocenters. The normalized spacial score (nSPS) is 10.8. The van der Waals surface area contributed by atoms with Gasteiger partial charge in [-0.1, -0.05) is 23.3 Å². The minimum absolute atomic E-state index is 0.0609. The monoisotopic (exact) mass is 408 g/mol. The number of aromatic hydroxyl groups is 3. The van der Waals surface area contributed by atoms with Crippen molar-refractivity contribution >= 4 is 11.0 Å². The highest BCUT2D eigenvalue weighted by Gasteiger charge is 2.23. The Morgan fingerprint density at radius 2 is 1.43 bits per heavy atom. The summed E-state index contributed by atoms with van der Waals surface area (Å²) in [7, 11) is 1.57. The Kier molecular flexibility index (Phi) is 6.11. The zero-order chi connectivity index (χ0) is 22.0. The van der Waals surface area contributed by atoms with Crippen molar-refractivity contribution < 1.29 is 24.5 Å². The Morgan fingerprint density at radius 3 is 1.97 bits per heavy atom. The van der Waals surface area contributed by atoms with E-state index in [1.807, 2.05) is 45.9 Å². The Hall–Kier alpha value is -3.34. The van der Waals surface area contributed by atoms with Crippen molar-refractivity contribution in [1.82, 2.24) is 0 Å². The maximum atomic E-state index is 11.1. The molecule has 0 atom stereocenters. The second-order valence-electron chi connectivity index (χ2n) is 7.90. The molecule has 0 saturated heterocycles. The molecule has 3 aromatic rings. The molecule has 0 saturated carbocycles. The number of allylic oxidation sites excluding steroid dienone is 4. The van der Waals surface area contributed by atoms with Crippen LogP contribution in [0.25, 0.3) is 22.3 Å². The first-order valence-corrected chi connectivity index (χ1v) is 9.85. The Morgan fingerprint density at radius 1 is 0.867 bits per heavy atom. The number of phenols is 3. The lowest BCUT2D eigenvalue weighted by Crippen LogP contribution is -1.97. The fraction of sp³-hybridized carbons (Fsp3) is 0.280. The van der Waals surface area contributed by atoms with Gasteiger partial charge in [-0.25, -0.2) is 0 Å². The summed E-state index contributed by atoms with van der Waals surface area (Å²) in [5.74, 6) is 1.06. The van der Waals surface area contributed by atoms with E-state index in [-0.39, 0.29) is 17.2 Å². The zero-order valence-corrected chi connectivity index (χ0v) is 18.0. The highest BCUT2D eigenvalue weighted by Crippen LogP contribution is 2.45. The van der Waals surface area contributed by atoms with Crippen LogP contribution in [0.5, 0.6) is 23.0 Å². The van der Waals surface area contributed by atoms with Crippen molar-refractivity contribution in [2.75, 3.05) is 7.11 Å². The van der Waals surface area contributed by atoms with Gasteiger partial charge in [-0.05, 0) is 58.7 Å². The summed E-state index contributed by atoms with van der Waals surface area (Å²) in [4.78, 5) is 0. The summed E-state index contributed by atoms with van der Waals surface area (Å²) in [6.07, 6.45) is 5.12. The molecule has 30 heavy (non-hydrogen) atoms. The molecule has 5 nitrogen and oxygen atoms in total. The lowest BCUT2D eigenvalue weighted by atomic mass is 9.97. The first-order valence-electron chi connectivity index (χ1n) is 9.85. The van der Waals surface area contributed by atoms with Crippen LogP contribution in [0.3, 0.4) is 0 Å². The summed E-state index contributed by atoms with van der Waals surface area (Å²) in [5, 5.41) is 31.6. The van der Waals surface area contributed by atoms with E-state index in [9.17, 15) is 15.3 Å². The number of fused-ring (bicyclic) bond motifs is 1. The van der Waals surface area contributed by atoms with Crippen molar-refractivity contribution in [3.05, 3.63) is 58.7 Å². The number of furan rings is 1. The van der Waals surface area contributed by atoms with Gasteiger partial charge in [-0.2, -0.15) is 0 Å². The third kappa shape index (κ3) is 4.30. The minimum Gasteiger partial charge on any atom is -0.508 e. The van der Waals surface area contributed by atoms with Crippen LogP contribution in [-0.2, 0) is 12.8 Å². The first-order chi connectivity index (χ1) is 14.2. The molecule has 2 aromatic carbocycles. The lowest BCUT2D eigenvalue weighted by Gasteiger charge is -2.14. The lowest BCUT2D eigenvalue weighted by molar-refractivity contribution is 0.404. The quantitative estimate of drug-likeness (QED) is 0.420. The van der Waals surface area contributed by atoms with Crippen LogP contribution in [0.4, 0.5) is 0 Å². The van der Waals surface area contributed by atoms with Crippen molar-refractivity contribution in [1.29, 1.82) is 0 Å². The summed E-state index contributed by atoms with van der Waals surface area (Å²) >= 11 is 0. The van der Waals surface area contributed by atoms with E-state index >= 15 is 0 Å². The molecule has 0 aliphatic carbocycles. The molecule has 1 heterocycles. The SMILES string of the molecule is COc1c(CC=C(C)C)c(O)c(CC=C(C)C)c2oc(-c3cc(O)cc(O)c3)cc12. The van der Waals surface area contributed by atoms with Gasteiger partial charge < -0.3 is 24.5 Å². The van der Waals surface area contributed by atoms with Gasteiger partial charge in [0.15, 0.2) is 0 Å². The fourth-order valence-corrected chi connectivity index (χ4v) is 3.45. The molecular weight excluding hydrogens is 380 g/mol. The molecule has 158 valence electrons. The number of phenolic OH excluding ortho intramolecular Hbond substituents is 3. The van der Waals surface area contributed by atoms with E-state index in [4.69, 9.17) is 9.15 Å². The number of ether oxygens (including phenoxy) is 1. The summed E-state index contributed by atoms with van der Waals surface area (Å²) in [6, 6.07) is 6.11. The average molecular weight is 408 g/mol. The van der Waals surface area contributed by atoms with Crippen LogP contribution >= 0.6 is 0 Å². The molecular formula is C25H28O5. The Balaban J connectivity index is 2.32. The molecule has 1 aromatic heterocycles. The zero-order valence-electron chi connectivity index (χ0n) is 18.0. The largest absolute Gasteiger partial charge is 0.508 e.